The molecule has 1 aromatic carbocycles. The lowest BCUT2D eigenvalue weighted by atomic mass is 10.2. The largest absolute Gasteiger partial charge is 0.326 e. The average Bonchev–Trinajstić information content (AvgIpc) is 3.26. The van der Waals surface area contributed by atoms with Gasteiger partial charge in [-0.3, -0.25) is 0 Å². The second kappa shape index (κ2) is 7.00. The van der Waals surface area contributed by atoms with Crippen LogP contribution in [-0.4, -0.2) is 24.1 Å². The summed E-state index contributed by atoms with van der Waals surface area (Å²) in [4.78, 5) is 12.9. The molecule has 0 aliphatic rings. The highest BCUT2D eigenvalue weighted by molar-refractivity contribution is 5.77. The molecule has 0 spiro atoms. The minimum Gasteiger partial charge on any atom is -0.326 e. The Bertz CT molecular complexity index is 1180. The van der Waals surface area contributed by atoms with Crippen LogP contribution < -0.4 is 0 Å². The van der Waals surface area contributed by atoms with Gasteiger partial charge in [0.2, 0.25) is 5.95 Å². The van der Waals surface area contributed by atoms with E-state index in [1.807, 2.05) is 10.6 Å². The van der Waals surface area contributed by atoms with Gasteiger partial charge in [-0.1, -0.05) is 13.0 Å². The van der Waals surface area contributed by atoms with Crippen LogP contribution in [0, 0.1) is 17.3 Å². The summed E-state index contributed by atoms with van der Waals surface area (Å²) in [5.74, 6) is 0.578. The molecule has 0 aliphatic carbocycles. The Balaban J connectivity index is 1.78. The Morgan fingerprint density at radius 3 is 2.93 bits per heavy atom. The van der Waals surface area contributed by atoms with Crippen LogP contribution in [0.2, 0.25) is 0 Å². The molecule has 0 aliphatic heterocycles. The van der Waals surface area contributed by atoms with E-state index in [0.717, 1.165) is 35.9 Å². The number of nitriles is 1. The van der Waals surface area contributed by atoms with Gasteiger partial charge in [-0.2, -0.15) is 9.65 Å². The van der Waals surface area contributed by atoms with Crippen molar-refractivity contribution in [3.05, 3.63) is 66.1 Å². The number of aryl methyl sites for hydroxylation is 1. The van der Waals surface area contributed by atoms with E-state index in [1.165, 1.54) is 6.07 Å². The van der Waals surface area contributed by atoms with Gasteiger partial charge in [0.05, 0.1) is 30.6 Å². The fourth-order valence-electron chi connectivity index (χ4n) is 3.15. The van der Waals surface area contributed by atoms with Crippen LogP contribution in [0.15, 0.2) is 48.8 Å². The zero-order valence-corrected chi connectivity index (χ0v) is 14.7. The van der Waals surface area contributed by atoms with Crippen molar-refractivity contribution in [3.63, 3.8) is 0 Å². The summed E-state index contributed by atoms with van der Waals surface area (Å²) in [5, 5.41) is 9.14. The number of hydrogen-bond donors (Lipinski definition) is 0. The summed E-state index contributed by atoms with van der Waals surface area (Å²) in [6.07, 6.45) is 4.33. The molecule has 27 heavy (non-hydrogen) atoms. The maximum Gasteiger partial charge on any atom is 0.213 e. The monoisotopic (exact) mass is 362 g/mol. The Hall–Kier alpha value is -3.53. The lowest BCUT2D eigenvalue weighted by Crippen LogP contribution is -2.10. The Morgan fingerprint density at radius 2 is 2.15 bits per heavy atom. The first-order valence-electron chi connectivity index (χ1n) is 9.14. The first kappa shape index (κ1) is 15.7. The van der Waals surface area contributed by atoms with Crippen LogP contribution in [0.1, 0.15) is 26.1 Å². The summed E-state index contributed by atoms with van der Waals surface area (Å²) < 4.78 is 25.3. The molecule has 0 amide bonds. The average molecular weight is 362 g/mol. The number of aromatic nitrogens is 5. The van der Waals surface area contributed by atoms with Gasteiger partial charge in [0.15, 0.2) is 5.82 Å². The lowest BCUT2D eigenvalue weighted by molar-refractivity contribution is 0.583. The van der Waals surface area contributed by atoms with Crippen molar-refractivity contribution in [1.82, 2.24) is 24.1 Å². The first-order valence-corrected chi connectivity index (χ1v) is 8.64. The molecule has 4 rings (SSSR count). The van der Waals surface area contributed by atoms with Gasteiger partial charge in [0.1, 0.15) is 11.5 Å². The molecule has 0 bridgehead atoms. The molecule has 0 atom stereocenters. The maximum atomic E-state index is 13.6. The number of fused-ring (bicyclic) bond motifs is 1. The molecule has 0 N–H and O–H groups in total. The number of halogens is 1. The SMILES string of the molecule is [3H]c1cc(F)nc(-c2nccn2Cc2nc3cc(C#N)ccc3n2CCC)c1. The lowest BCUT2D eigenvalue weighted by Gasteiger charge is -2.10. The third-order valence-electron chi connectivity index (χ3n) is 4.31. The van der Waals surface area contributed by atoms with Crippen LogP contribution in [0.5, 0.6) is 0 Å². The van der Waals surface area contributed by atoms with Crippen molar-refractivity contribution in [3.8, 4) is 17.6 Å². The predicted molar refractivity (Wildman–Crippen MR) is 99.3 cm³/mol. The standard InChI is InChI=1S/C20H17FN6/c1-2-9-27-17-7-6-14(12-22)11-16(17)25-19(27)13-26-10-8-23-20(26)15-4-3-5-18(21)24-15/h3-8,10-11H,2,9,13H2,1H3/i3T. The maximum absolute atomic E-state index is 13.6. The van der Waals surface area contributed by atoms with Crippen molar-refractivity contribution in [1.29, 1.82) is 5.26 Å². The van der Waals surface area contributed by atoms with E-state index in [2.05, 4.69) is 27.5 Å². The van der Waals surface area contributed by atoms with Crippen LogP contribution in [0.25, 0.3) is 22.6 Å². The van der Waals surface area contributed by atoms with E-state index in [0.29, 0.717) is 23.6 Å². The molecule has 3 heterocycles. The molecule has 3 aromatic heterocycles. The van der Waals surface area contributed by atoms with Crippen LogP contribution >= 0.6 is 0 Å². The number of hydrogen-bond acceptors (Lipinski definition) is 4. The number of pyridine rings is 1. The van der Waals surface area contributed by atoms with Crippen LogP contribution in [0.4, 0.5) is 4.39 Å². The molecule has 4 aromatic rings. The third kappa shape index (κ3) is 3.17. The zero-order chi connectivity index (χ0) is 19.7. The second-order valence-corrected chi connectivity index (χ2v) is 6.15. The molecular weight excluding hydrogens is 343 g/mol. The van der Waals surface area contributed by atoms with E-state index >= 15 is 0 Å². The molecule has 134 valence electrons. The van der Waals surface area contributed by atoms with Gasteiger partial charge in [-0.25, -0.2) is 15.0 Å². The summed E-state index contributed by atoms with van der Waals surface area (Å²) >= 11 is 0. The Labute approximate surface area is 157 Å². The number of rotatable bonds is 5. The van der Waals surface area contributed by atoms with E-state index in [4.69, 9.17) is 11.6 Å². The van der Waals surface area contributed by atoms with Crippen molar-refractivity contribution in [2.75, 3.05) is 0 Å². The topological polar surface area (TPSA) is 72.3 Å². The van der Waals surface area contributed by atoms with E-state index in [1.54, 1.807) is 24.5 Å². The summed E-state index contributed by atoms with van der Waals surface area (Å²) in [7, 11) is 0. The number of imidazole rings is 2. The van der Waals surface area contributed by atoms with Gasteiger partial charge < -0.3 is 9.13 Å². The minimum atomic E-state index is -0.709. The molecule has 0 saturated carbocycles. The number of nitrogens with zero attached hydrogens (tertiary/aromatic N) is 6. The van der Waals surface area contributed by atoms with Gasteiger partial charge in [0, 0.05) is 18.9 Å². The molecular formula is C20H17FN6. The third-order valence-corrected chi connectivity index (χ3v) is 4.31. The quantitative estimate of drug-likeness (QED) is 0.507. The Kier molecular flexibility index (Phi) is 4.07. The van der Waals surface area contributed by atoms with Crippen LogP contribution in [0.3, 0.4) is 0 Å². The van der Waals surface area contributed by atoms with Crippen molar-refractivity contribution in [2.45, 2.75) is 26.4 Å². The fourth-order valence-corrected chi connectivity index (χ4v) is 3.15. The highest BCUT2D eigenvalue weighted by atomic mass is 19.1. The highest BCUT2D eigenvalue weighted by Gasteiger charge is 2.14. The van der Waals surface area contributed by atoms with Gasteiger partial charge in [-0.05, 0) is 36.8 Å². The van der Waals surface area contributed by atoms with E-state index < -0.39 is 5.95 Å². The van der Waals surface area contributed by atoms with Crippen molar-refractivity contribution >= 4 is 11.0 Å². The highest BCUT2D eigenvalue weighted by Crippen LogP contribution is 2.21. The molecule has 0 fully saturated rings. The molecule has 0 unspecified atom stereocenters. The fraction of sp³-hybridized carbons (Fsp3) is 0.200. The van der Waals surface area contributed by atoms with Crippen molar-refractivity contribution < 1.29 is 5.76 Å². The summed E-state index contributed by atoms with van der Waals surface area (Å²) in [5.41, 5.74) is 2.60. The van der Waals surface area contributed by atoms with E-state index in [-0.39, 0.29) is 6.04 Å². The smallest absolute Gasteiger partial charge is 0.213 e. The van der Waals surface area contributed by atoms with Crippen LogP contribution in [-0.2, 0) is 13.1 Å². The first-order chi connectivity index (χ1) is 13.6. The van der Waals surface area contributed by atoms with Gasteiger partial charge >= 0.3 is 0 Å². The molecule has 6 nitrogen and oxygen atoms in total. The predicted octanol–water partition coefficient (Wildman–Crippen LogP) is 3.76. The Morgan fingerprint density at radius 1 is 1.26 bits per heavy atom. The van der Waals surface area contributed by atoms with E-state index in [9.17, 15) is 4.39 Å². The normalized spacial score (nSPS) is 11.5. The summed E-state index contributed by atoms with van der Waals surface area (Å²) in [6, 6.07) is 10.2. The molecule has 0 radical (unpaired) electrons. The summed E-state index contributed by atoms with van der Waals surface area (Å²) in [6.45, 7) is 3.29. The van der Waals surface area contributed by atoms with Gasteiger partial charge in [-0.15, -0.1) is 0 Å². The zero-order valence-electron chi connectivity index (χ0n) is 15.7. The van der Waals surface area contributed by atoms with Gasteiger partial charge in [0.25, 0.3) is 0 Å². The number of benzene rings is 1. The van der Waals surface area contributed by atoms with Crippen molar-refractivity contribution in [2.24, 2.45) is 0 Å². The molecule has 7 heteroatoms. The molecule has 0 saturated heterocycles. The minimum absolute atomic E-state index is 0.0410. The second-order valence-electron chi connectivity index (χ2n) is 6.15.